The second-order valence-electron chi connectivity index (χ2n) is 7.73. The standard InChI is InChI=1S/C23H30N2O/c1-24(18-19-7-3-2-4-8-19)15-16-26-21-10-11-22-20(17-21)9-12-23(22)25-13-5-6-14-25/h2-4,7-8,10-11,17,23H,5-6,9,12-16,18H2,1H3. The van der Waals surface area contributed by atoms with Gasteiger partial charge < -0.3 is 4.74 Å². The molecule has 2 aliphatic rings. The maximum atomic E-state index is 6.05. The predicted octanol–water partition coefficient (Wildman–Crippen LogP) is 4.28. The molecule has 0 saturated carbocycles. The van der Waals surface area contributed by atoms with Gasteiger partial charge in [-0.05, 0) is 74.6 Å². The summed E-state index contributed by atoms with van der Waals surface area (Å²) >= 11 is 0. The van der Waals surface area contributed by atoms with Crippen LogP contribution in [0.25, 0.3) is 0 Å². The zero-order valence-corrected chi connectivity index (χ0v) is 15.9. The molecule has 0 aromatic heterocycles. The Kier molecular flexibility index (Phi) is 5.57. The maximum absolute atomic E-state index is 6.05. The van der Waals surface area contributed by atoms with E-state index in [1.807, 2.05) is 0 Å². The van der Waals surface area contributed by atoms with Crippen LogP contribution in [0.15, 0.2) is 48.5 Å². The van der Waals surface area contributed by atoms with Crippen LogP contribution >= 0.6 is 0 Å². The van der Waals surface area contributed by atoms with Gasteiger partial charge in [0.05, 0.1) is 0 Å². The number of nitrogens with zero attached hydrogens (tertiary/aromatic N) is 2. The molecular weight excluding hydrogens is 320 g/mol. The van der Waals surface area contributed by atoms with Crippen molar-refractivity contribution in [2.24, 2.45) is 0 Å². The van der Waals surface area contributed by atoms with Gasteiger partial charge in [-0.1, -0.05) is 36.4 Å². The Labute approximate surface area is 157 Å². The van der Waals surface area contributed by atoms with Crippen molar-refractivity contribution in [2.75, 3.05) is 33.3 Å². The molecule has 0 bridgehead atoms. The van der Waals surface area contributed by atoms with E-state index in [9.17, 15) is 0 Å². The Morgan fingerprint density at radius 1 is 1.08 bits per heavy atom. The number of rotatable bonds is 7. The Morgan fingerprint density at radius 2 is 1.88 bits per heavy atom. The highest BCUT2D eigenvalue weighted by Crippen LogP contribution is 2.38. The zero-order valence-electron chi connectivity index (χ0n) is 15.9. The van der Waals surface area contributed by atoms with E-state index >= 15 is 0 Å². The molecule has 26 heavy (non-hydrogen) atoms. The van der Waals surface area contributed by atoms with Gasteiger partial charge in [-0.25, -0.2) is 0 Å². The molecule has 1 heterocycles. The highest BCUT2D eigenvalue weighted by molar-refractivity contribution is 5.40. The van der Waals surface area contributed by atoms with E-state index in [1.54, 1.807) is 5.56 Å². The summed E-state index contributed by atoms with van der Waals surface area (Å²) in [6.07, 6.45) is 5.20. The topological polar surface area (TPSA) is 15.7 Å². The number of hydrogen-bond donors (Lipinski definition) is 0. The second-order valence-corrected chi connectivity index (χ2v) is 7.73. The molecule has 3 nitrogen and oxygen atoms in total. The van der Waals surface area contributed by atoms with Gasteiger partial charge in [0.25, 0.3) is 0 Å². The molecule has 2 aromatic carbocycles. The number of ether oxygens (including phenoxy) is 1. The van der Waals surface area contributed by atoms with Gasteiger partial charge in [0, 0.05) is 19.1 Å². The zero-order chi connectivity index (χ0) is 17.8. The summed E-state index contributed by atoms with van der Waals surface area (Å²) in [7, 11) is 2.15. The summed E-state index contributed by atoms with van der Waals surface area (Å²) in [6.45, 7) is 5.18. The van der Waals surface area contributed by atoms with Crippen LogP contribution in [0.5, 0.6) is 5.75 Å². The molecule has 1 atom stereocenters. The van der Waals surface area contributed by atoms with E-state index in [0.717, 1.165) is 25.4 Å². The van der Waals surface area contributed by atoms with Gasteiger partial charge in [0.1, 0.15) is 12.4 Å². The summed E-state index contributed by atoms with van der Waals surface area (Å²) < 4.78 is 6.05. The lowest BCUT2D eigenvalue weighted by Gasteiger charge is -2.24. The van der Waals surface area contributed by atoms with Crippen molar-refractivity contribution >= 4 is 0 Å². The number of hydrogen-bond acceptors (Lipinski definition) is 3. The molecule has 1 aliphatic carbocycles. The van der Waals surface area contributed by atoms with E-state index < -0.39 is 0 Å². The third-order valence-electron chi connectivity index (χ3n) is 5.78. The minimum atomic E-state index is 0.651. The van der Waals surface area contributed by atoms with Crippen molar-refractivity contribution in [2.45, 2.75) is 38.3 Å². The van der Waals surface area contributed by atoms with Gasteiger partial charge in [-0.15, -0.1) is 0 Å². The Hall–Kier alpha value is -1.84. The number of fused-ring (bicyclic) bond motifs is 1. The molecule has 4 rings (SSSR count). The van der Waals surface area contributed by atoms with Gasteiger partial charge in [-0.2, -0.15) is 0 Å². The van der Waals surface area contributed by atoms with Crippen LogP contribution in [-0.4, -0.2) is 43.1 Å². The fourth-order valence-corrected chi connectivity index (χ4v) is 4.39. The van der Waals surface area contributed by atoms with Crippen LogP contribution in [0.3, 0.4) is 0 Å². The monoisotopic (exact) mass is 350 g/mol. The molecule has 0 amide bonds. The third kappa shape index (κ3) is 4.11. The first kappa shape index (κ1) is 17.6. The normalized spacial score (nSPS) is 19.8. The molecule has 0 N–H and O–H groups in total. The minimum Gasteiger partial charge on any atom is -0.492 e. The van der Waals surface area contributed by atoms with E-state index in [1.165, 1.54) is 49.9 Å². The molecule has 3 heteroatoms. The third-order valence-corrected chi connectivity index (χ3v) is 5.78. The Morgan fingerprint density at radius 3 is 2.69 bits per heavy atom. The fourth-order valence-electron chi connectivity index (χ4n) is 4.39. The van der Waals surface area contributed by atoms with Crippen molar-refractivity contribution in [1.29, 1.82) is 0 Å². The molecular formula is C23H30N2O. The van der Waals surface area contributed by atoms with Crippen molar-refractivity contribution < 1.29 is 4.74 Å². The van der Waals surface area contributed by atoms with Crippen LogP contribution in [-0.2, 0) is 13.0 Å². The second kappa shape index (κ2) is 8.24. The molecule has 2 aromatic rings. The number of benzene rings is 2. The number of likely N-dealkylation sites (tertiary alicyclic amines) is 1. The first-order valence-corrected chi connectivity index (χ1v) is 10.0. The lowest BCUT2D eigenvalue weighted by molar-refractivity contribution is 0.232. The molecule has 1 fully saturated rings. The van der Waals surface area contributed by atoms with E-state index in [2.05, 4.69) is 65.4 Å². The number of likely N-dealkylation sites (N-methyl/N-ethyl adjacent to an activating group) is 1. The average molecular weight is 351 g/mol. The molecule has 1 saturated heterocycles. The SMILES string of the molecule is CN(CCOc1ccc2c(c1)CCC2N1CCCC1)Cc1ccccc1. The maximum Gasteiger partial charge on any atom is 0.119 e. The summed E-state index contributed by atoms with van der Waals surface area (Å²) in [5.41, 5.74) is 4.39. The van der Waals surface area contributed by atoms with Crippen molar-refractivity contribution in [3.8, 4) is 5.75 Å². The van der Waals surface area contributed by atoms with Crippen LogP contribution in [0.2, 0.25) is 0 Å². The van der Waals surface area contributed by atoms with E-state index in [4.69, 9.17) is 4.74 Å². The summed E-state index contributed by atoms with van der Waals surface area (Å²) in [6, 6.07) is 18.0. The molecule has 1 unspecified atom stereocenters. The molecule has 138 valence electrons. The summed E-state index contributed by atoms with van der Waals surface area (Å²) in [5.74, 6) is 1.03. The molecule has 0 radical (unpaired) electrons. The van der Waals surface area contributed by atoms with Gasteiger partial charge in [0.15, 0.2) is 0 Å². The first-order chi connectivity index (χ1) is 12.8. The van der Waals surface area contributed by atoms with Crippen molar-refractivity contribution in [3.05, 3.63) is 65.2 Å². The highest BCUT2D eigenvalue weighted by atomic mass is 16.5. The largest absolute Gasteiger partial charge is 0.492 e. The van der Waals surface area contributed by atoms with Crippen LogP contribution in [0, 0.1) is 0 Å². The first-order valence-electron chi connectivity index (χ1n) is 10.0. The van der Waals surface area contributed by atoms with Crippen LogP contribution in [0.1, 0.15) is 42.0 Å². The summed E-state index contributed by atoms with van der Waals surface area (Å²) in [4.78, 5) is 4.98. The predicted molar refractivity (Wildman–Crippen MR) is 107 cm³/mol. The van der Waals surface area contributed by atoms with Crippen LogP contribution < -0.4 is 4.74 Å². The van der Waals surface area contributed by atoms with Crippen LogP contribution in [0.4, 0.5) is 0 Å². The van der Waals surface area contributed by atoms with Crippen molar-refractivity contribution in [3.63, 3.8) is 0 Å². The van der Waals surface area contributed by atoms with E-state index in [0.29, 0.717) is 6.04 Å². The summed E-state index contributed by atoms with van der Waals surface area (Å²) in [5, 5.41) is 0. The smallest absolute Gasteiger partial charge is 0.119 e. The average Bonchev–Trinajstić information content (AvgIpc) is 3.31. The Balaban J connectivity index is 1.28. The number of aryl methyl sites for hydroxylation is 1. The minimum absolute atomic E-state index is 0.651. The fraction of sp³-hybridized carbons (Fsp3) is 0.478. The Bertz CT molecular complexity index is 709. The molecule has 1 aliphatic heterocycles. The van der Waals surface area contributed by atoms with Gasteiger partial charge in [-0.3, -0.25) is 9.80 Å². The van der Waals surface area contributed by atoms with Gasteiger partial charge >= 0.3 is 0 Å². The van der Waals surface area contributed by atoms with E-state index in [-0.39, 0.29) is 0 Å². The quantitative estimate of drug-likeness (QED) is 0.741. The van der Waals surface area contributed by atoms with Gasteiger partial charge in [0.2, 0.25) is 0 Å². The highest BCUT2D eigenvalue weighted by Gasteiger charge is 2.29. The molecule has 0 spiro atoms. The van der Waals surface area contributed by atoms with Crippen molar-refractivity contribution in [1.82, 2.24) is 9.80 Å². The lowest BCUT2D eigenvalue weighted by atomic mass is 10.1. The lowest BCUT2D eigenvalue weighted by Crippen LogP contribution is -2.24.